The Labute approximate surface area is 129 Å². The summed E-state index contributed by atoms with van der Waals surface area (Å²) in [6, 6.07) is -1.90. The minimum Gasteiger partial charge on any atom is -0.389 e. The zero-order chi connectivity index (χ0) is 16.7. The van der Waals surface area contributed by atoms with E-state index < -0.39 is 54.4 Å². The summed E-state index contributed by atoms with van der Waals surface area (Å²) in [6.07, 6.45) is -5.32. The molecule has 1 saturated heterocycles. The Kier molecular flexibility index (Phi) is 5.42. The summed E-state index contributed by atoms with van der Waals surface area (Å²) in [4.78, 5) is 0. The van der Waals surface area contributed by atoms with Crippen LogP contribution in [0.3, 0.4) is 0 Å². The van der Waals surface area contributed by atoms with Gasteiger partial charge >= 0.3 is 0 Å². The maximum Gasteiger partial charge on any atom is 0.185 e. The fraction of sp³-hybridized carbons (Fsp3) is 1.00. The molecular formula is C13H27N3O6. The Morgan fingerprint density at radius 2 is 1.77 bits per heavy atom. The van der Waals surface area contributed by atoms with E-state index in [0.717, 1.165) is 0 Å². The van der Waals surface area contributed by atoms with E-state index >= 15 is 0 Å². The molecule has 0 aromatic carbocycles. The zero-order valence-electron chi connectivity index (χ0n) is 12.8. The number of aliphatic hydroxyl groups is 4. The maximum absolute atomic E-state index is 10.3. The lowest BCUT2D eigenvalue weighted by Gasteiger charge is -2.47. The summed E-state index contributed by atoms with van der Waals surface area (Å²) in [5, 5.41) is 43.2. The van der Waals surface area contributed by atoms with Gasteiger partial charge in [0.1, 0.15) is 23.9 Å². The molecule has 9 heteroatoms. The smallest absolute Gasteiger partial charge is 0.185 e. The zero-order valence-corrected chi connectivity index (χ0v) is 12.8. The average molecular weight is 321 g/mol. The molecule has 3 unspecified atom stereocenters. The molecule has 1 saturated carbocycles. The van der Waals surface area contributed by atoms with Crippen molar-refractivity contribution < 1.29 is 29.9 Å². The first-order valence-corrected chi connectivity index (χ1v) is 7.41. The first kappa shape index (κ1) is 18.0. The van der Waals surface area contributed by atoms with Gasteiger partial charge in [0.2, 0.25) is 0 Å². The molecule has 1 heterocycles. The second-order valence-electron chi connectivity index (χ2n) is 6.44. The van der Waals surface area contributed by atoms with Crippen LogP contribution in [0.25, 0.3) is 0 Å². The van der Waals surface area contributed by atoms with Gasteiger partial charge in [0.25, 0.3) is 0 Å². The van der Waals surface area contributed by atoms with Gasteiger partial charge in [-0.3, -0.25) is 0 Å². The fourth-order valence-electron chi connectivity index (χ4n) is 3.19. The van der Waals surface area contributed by atoms with Gasteiger partial charge < -0.3 is 46.7 Å². The van der Waals surface area contributed by atoms with Crippen LogP contribution in [0.2, 0.25) is 0 Å². The number of hydrogen-bond donors (Lipinski definition) is 7. The first-order valence-electron chi connectivity index (χ1n) is 7.41. The highest BCUT2D eigenvalue weighted by molar-refractivity contribution is 5.00. The number of aliphatic hydroxyl groups excluding tert-OH is 3. The van der Waals surface area contributed by atoms with E-state index in [0.29, 0.717) is 0 Å². The molecule has 9 N–H and O–H groups in total. The van der Waals surface area contributed by atoms with Crippen molar-refractivity contribution in [1.29, 1.82) is 0 Å². The number of nitrogens with two attached hydrogens (primary N) is 2. The van der Waals surface area contributed by atoms with Crippen LogP contribution in [-0.4, -0.2) is 88.5 Å². The third kappa shape index (κ3) is 3.28. The molecule has 9 atom stereocenters. The van der Waals surface area contributed by atoms with Gasteiger partial charge in [-0.25, -0.2) is 0 Å². The van der Waals surface area contributed by atoms with E-state index in [1.165, 1.54) is 6.92 Å². The summed E-state index contributed by atoms with van der Waals surface area (Å²) in [5.74, 6) is 0. The van der Waals surface area contributed by atoms with Crippen LogP contribution < -0.4 is 16.8 Å². The second-order valence-corrected chi connectivity index (χ2v) is 6.44. The minimum atomic E-state index is -1.27. The van der Waals surface area contributed by atoms with Crippen LogP contribution in [0.1, 0.15) is 13.3 Å². The van der Waals surface area contributed by atoms with Gasteiger partial charge in [-0.2, -0.15) is 0 Å². The van der Waals surface area contributed by atoms with Gasteiger partial charge in [-0.15, -0.1) is 0 Å². The van der Waals surface area contributed by atoms with E-state index in [1.54, 1.807) is 7.05 Å². The summed E-state index contributed by atoms with van der Waals surface area (Å²) < 4.78 is 11.0. The number of hydrogen-bond acceptors (Lipinski definition) is 9. The predicted molar refractivity (Wildman–Crippen MR) is 76.7 cm³/mol. The van der Waals surface area contributed by atoms with Crippen molar-refractivity contribution in [2.24, 2.45) is 11.5 Å². The number of likely N-dealkylation sites (N-methyl/N-ethyl adjacent to an activating group) is 1. The summed E-state index contributed by atoms with van der Waals surface area (Å²) in [7, 11) is 1.61. The molecule has 2 fully saturated rings. The molecule has 22 heavy (non-hydrogen) atoms. The molecule has 1 aliphatic carbocycles. The largest absolute Gasteiger partial charge is 0.389 e. The van der Waals surface area contributed by atoms with Crippen molar-refractivity contribution in [1.82, 2.24) is 5.32 Å². The van der Waals surface area contributed by atoms with E-state index in [4.69, 9.17) is 20.9 Å². The van der Waals surface area contributed by atoms with Crippen LogP contribution in [-0.2, 0) is 9.47 Å². The fourth-order valence-corrected chi connectivity index (χ4v) is 3.19. The SMILES string of the molecule is CNC1[C@@H](O)[C@@H](O[C@H]2C(O)[C@H](O)C(N)C[C@H]2N)OC[C@]1(C)O. The van der Waals surface area contributed by atoms with Gasteiger partial charge in [-0.1, -0.05) is 0 Å². The third-order valence-corrected chi connectivity index (χ3v) is 4.52. The standard InChI is InChI=1S/C13H27N3O6/c1-13(20)4-21-12(9(19)11(13)16-2)22-10-6(15)3-5(14)7(17)8(10)18/h5-12,16-20H,3-4,14-15H2,1-2H3/t5?,6-,7-,8?,9-,10-,11?,12-,13+/m1/s1. The van der Waals surface area contributed by atoms with Crippen molar-refractivity contribution in [3.8, 4) is 0 Å². The van der Waals surface area contributed by atoms with Gasteiger partial charge in [0.15, 0.2) is 6.29 Å². The lowest BCUT2D eigenvalue weighted by Crippen LogP contribution is -2.68. The van der Waals surface area contributed by atoms with Crippen molar-refractivity contribution >= 4 is 0 Å². The minimum absolute atomic E-state index is 0.0552. The number of ether oxygens (including phenoxy) is 2. The molecule has 1 aliphatic heterocycles. The average Bonchev–Trinajstić information content (AvgIpc) is 2.43. The number of nitrogens with one attached hydrogen (secondary N) is 1. The third-order valence-electron chi connectivity index (χ3n) is 4.52. The van der Waals surface area contributed by atoms with E-state index in [-0.39, 0.29) is 13.0 Å². The van der Waals surface area contributed by atoms with Gasteiger partial charge in [-0.05, 0) is 20.4 Å². The lowest BCUT2D eigenvalue weighted by molar-refractivity contribution is -0.296. The molecular weight excluding hydrogens is 294 g/mol. The maximum atomic E-state index is 10.3. The van der Waals surface area contributed by atoms with Crippen LogP contribution in [0.15, 0.2) is 0 Å². The van der Waals surface area contributed by atoms with Crippen LogP contribution in [0, 0.1) is 0 Å². The highest BCUT2D eigenvalue weighted by Crippen LogP contribution is 2.28. The van der Waals surface area contributed by atoms with Crippen molar-refractivity contribution in [2.45, 2.75) is 67.8 Å². The van der Waals surface area contributed by atoms with E-state index in [9.17, 15) is 20.4 Å². The summed E-state index contributed by atoms with van der Waals surface area (Å²) >= 11 is 0. The normalized spacial score (nSPS) is 53.5. The van der Waals surface area contributed by atoms with Crippen LogP contribution >= 0.6 is 0 Å². The Morgan fingerprint density at radius 1 is 1.14 bits per heavy atom. The van der Waals surface area contributed by atoms with E-state index in [1.807, 2.05) is 0 Å². The van der Waals surface area contributed by atoms with E-state index in [2.05, 4.69) is 5.32 Å². The predicted octanol–water partition coefficient (Wildman–Crippen LogP) is -3.79. The van der Waals surface area contributed by atoms with Gasteiger partial charge in [0, 0.05) is 12.1 Å². The molecule has 130 valence electrons. The highest BCUT2D eigenvalue weighted by atomic mass is 16.7. The Balaban J connectivity index is 2.07. The van der Waals surface area contributed by atoms with Crippen molar-refractivity contribution in [3.05, 3.63) is 0 Å². The van der Waals surface area contributed by atoms with Crippen LogP contribution in [0.4, 0.5) is 0 Å². The molecule has 9 nitrogen and oxygen atoms in total. The summed E-state index contributed by atoms with van der Waals surface area (Å²) in [6.45, 7) is 1.48. The second kappa shape index (κ2) is 6.63. The monoisotopic (exact) mass is 321 g/mol. The molecule has 2 aliphatic rings. The molecule has 0 bridgehead atoms. The van der Waals surface area contributed by atoms with Gasteiger partial charge in [0.05, 0.1) is 18.8 Å². The molecule has 2 rings (SSSR count). The Morgan fingerprint density at radius 3 is 2.36 bits per heavy atom. The first-order chi connectivity index (χ1) is 10.2. The Hall–Kier alpha value is -0.360. The Bertz CT molecular complexity index is 385. The molecule has 0 amide bonds. The quantitative estimate of drug-likeness (QED) is 0.276. The van der Waals surface area contributed by atoms with Crippen molar-refractivity contribution in [3.63, 3.8) is 0 Å². The summed E-state index contributed by atoms with van der Waals surface area (Å²) in [5.41, 5.74) is 10.4. The molecule has 0 aromatic heterocycles. The van der Waals surface area contributed by atoms with Crippen molar-refractivity contribution in [2.75, 3.05) is 13.7 Å². The number of rotatable bonds is 3. The molecule has 0 spiro atoms. The highest BCUT2D eigenvalue weighted by Gasteiger charge is 2.49. The lowest BCUT2D eigenvalue weighted by atomic mass is 9.84. The van der Waals surface area contributed by atoms with Crippen LogP contribution in [0.5, 0.6) is 0 Å². The molecule has 0 radical (unpaired) electrons. The molecule has 0 aromatic rings. The topological polar surface area (TPSA) is 163 Å².